The summed E-state index contributed by atoms with van der Waals surface area (Å²) in [4.78, 5) is 23.4. The van der Waals surface area contributed by atoms with Crippen molar-refractivity contribution in [1.29, 1.82) is 0 Å². The van der Waals surface area contributed by atoms with Gasteiger partial charge in [-0.3, -0.25) is 9.78 Å². The number of rotatable bonds is 2. The number of aromatic amines is 1. The summed E-state index contributed by atoms with van der Waals surface area (Å²) in [5, 5.41) is 1.79. The zero-order valence-corrected chi connectivity index (χ0v) is 15.8. The van der Waals surface area contributed by atoms with Gasteiger partial charge in [-0.2, -0.15) is 0 Å². The van der Waals surface area contributed by atoms with E-state index in [0.29, 0.717) is 35.4 Å². The molecule has 1 aliphatic rings. The number of ether oxygens (including phenoxy) is 1. The van der Waals surface area contributed by atoms with Crippen LogP contribution in [0.2, 0.25) is 0 Å². The highest BCUT2D eigenvalue weighted by Crippen LogP contribution is 2.46. The molecule has 0 spiro atoms. The van der Waals surface area contributed by atoms with Crippen LogP contribution in [0.25, 0.3) is 26.8 Å². The van der Waals surface area contributed by atoms with Crippen LogP contribution in [0.1, 0.15) is 23.2 Å². The van der Waals surface area contributed by atoms with E-state index in [9.17, 15) is 4.79 Å². The molecule has 3 N–H and O–H groups in total. The van der Waals surface area contributed by atoms with E-state index in [1.54, 1.807) is 7.11 Å². The first kappa shape index (κ1) is 17.3. The molecule has 0 saturated heterocycles. The number of anilines is 1. The Morgan fingerprint density at radius 1 is 1.31 bits per heavy atom. The first-order chi connectivity index (χ1) is 14.1. The van der Waals surface area contributed by atoms with E-state index in [1.807, 2.05) is 36.4 Å². The van der Waals surface area contributed by atoms with Gasteiger partial charge in [0.1, 0.15) is 5.58 Å². The molecule has 0 amide bonds. The molecule has 0 radical (unpaired) electrons. The van der Waals surface area contributed by atoms with Gasteiger partial charge in [0, 0.05) is 28.3 Å². The van der Waals surface area contributed by atoms with E-state index in [-0.39, 0.29) is 17.9 Å². The zero-order valence-electron chi connectivity index (χ0n) is 15.8. The lowest BCUT2D eigenvalue weighted by molar-refractivity contribution is 0.410. The Morgan fingerprint density at radius 3 is 2.93 bits per heavy atom. The summed E-state index contributed by atoms with van der Waals surface area (Å²) in [5.74, 6) is 0.723. The van der Waals surface area contributed by atoms with Crippen molar-refractivity contribution in [2.24, 2.45) is 0 Å². The molecule has 4 aromatic rings. The summed E-state index contributed by atoms with van der Waals surface area (Å²) in [6, 6.07) is 11.5. The molecule has 7 heteroatoms. The molecule has 1 unspecified atom stereocenters. The molecule has 0 saturated carbocycles. The lowest BCUT2D eigenvalue weighted by atomic mass is 9.74. The maximum Gasteiger partial charge on any atom is 0.262 e. The van der Waals surface area contributed by atoms with Gasteiger partial charge in [0.25, 0.3) is 11.1 Å². The standard InChI is InChI=1S/C22H18N4O3/c1-24-22(10-9-15-13(11-22)20(27)26-21(23)25-15)14-7-8-17(28-2)19-18(14)12-5-3-4-6-16(12)29-19/h3-8H,9-11H2,2H3,(H3,23,25,26,27). The Kier molecular flexibility index (Phi) is 3.65. The Hall–Kier alpha value is -3.79. The molecule has 7 nitrogen and oxygen atoms in total. The summed E-state index contributed by atoms with van der Waals surface area (Å²) in [6.07, 6.45) is 1.32. The highest BCUT2D eigenvalue weighted by atomic mass is 16.5. The largest absolute Gasteiger partial charge is 0.493 e. The third-order valence-electron chi connectivity index (χ3n) is 5.79. The van der Waals surface area contributed by atoms with Gasteiger partial charge in [-0.05, 0) is 24.6 Å². The first-order valence-electron chi connectivity index (χ1n) is 9.31. The van der Waals surface area contributed by atoms with E-state index >= 15 is 0 Å². The van der Waals surface area contributed by atoms with E-state index in [0.717, 1.165) is 21.9 Å². The number of H-pyrrole nitrogens is 1. The number of aromatic nitrogens is 2. The molecular weight excluding hydrogens is 368 g/mol. The number of nitrogen functional groups attached to an aromatic ring is 1. The van der Waals surface area contributed by atoms with Crippen molar-refractivity contribution in [1.82, 2.24) is 9.97 Å². The minimum Gasteiger partial charge on any atom is -0.493 e. The van der Waals surface area contributed by atoms with Crippen LogP contribution in [0.15, 0.2) is 45.6 Å². The van der Waals surface area contributed by atoms with Crippen molar-refractivity contribution in [2.75, 3.05) is 12.8 Å². The van der Waals surface area contributed by atoms with Crippen LogP contribution in [-0.4, -0.2) is 17.1 Å². The molecule has 0 bridgehead atoms. The molecule has 144 valence electrons. The van der Waals surface area contributed by atoms with Crippen molar-refractivity contribution in [3.63, 3.8) is 0 Å². The van der Waals surface area contributed by atoms with Gasteiger partial charge in [-0.15, -0.1) is 0 Å². The fraction of sp³-hybridized carbons (Fsp3) is 0.227. The lowest BCUT2D eigenvalue weighted by Crippen LogP contribution is -2.35. The van der Waals surface area contributed by atoms with Crippen LogP contribution in [0.4, 0.5) is 5.95 Å². The maximum atomic E-state index is 12.5. The monoisotopic (exact) mass is 386 g/mol. The number of furan rings is 1. The average Bonchev–Trinajstić information content (AvgIpc) is 3.12. The summed E-state index contributed by atoms with van der Waals surface area (Å²) in [5.41, 5.74) is 7.92. The van der Waals surface area contributed by atoms with Crippen LogP contribution in [-0.2, 0) is 18.4 Å². The smallest absolute Gasteiger partial charge is 0.262 e. The molecule has 2 aromatic carbocycles. The molecule has 2 heterocycles. The minimum atomic E-state index is -0.894. The van der Waals surface area contributed by atoms with Gasteiger partial charge in [0.15, 0.2) is 11.3 Å². The third kappa shape index (κ3) is 2.42. The molecular formula is C22H18N4O3. The first-order valence-corrected chi connectivity index (χ1v) is 9.31. The molecule has 2 aromatic heterocycles. The number of nitrogens with two attached hydrogens (primary N) is 1. The van der Waals surface area contributed by atoms with Gasteiger partial charge in [-0.1, -0.05) is 18.2 Å². The van der Waals surface area contributed by atoms with E-state index in [1.165, 1.54) is 0 Å². The number of nitrogens with zero attached hydrogens (tertiary/aromatic N) is 2. The second-order valence-corrected chi connectivity index (χ2v) is 7.31. The topological polar surface area (TPSA) is 98.5 Å². The van der Waals surface area contributed by atoms with Crippen molar-refractivity contribution in [3.8, 4) is 5.75 Å². The summed E-state index contributed by atoms with van der Waals surface area (Å²) < 4.78 is 11.6. The second-order valence-electron chi connectivity index (χ2n) is 7.31. The van der Waals surface area contributed by atoms with Crippen molar-refractivity contribution < 1.29 is 9.15 Å². The number of hydrogen-bond donors (Lipinski definition) is 2. The Balaban J connectivity index is 1.80. The van der Waals surface area contributed by atoms with Gasteiger partial charge < -0.3 is 19.7 Å². The van der Waals surface area contributed by atoms with Crippen molar-refractivity contribution in [2.45, 2.75) is 24.8 Å². The van der Waals surface area contributed by atoms with Crippen molar-refractivity contribution >= 4 is 27.9 Å². The molecule has 29 heavy (non-hydrogen) atoms. The van der Waals surface area contributed by atoms with E-state index < -0.39 is 5.54 Å². The quantitative estimate of drug-likeness (QED) is 0.513. The summed E-state index contributed by atoms with van der Waals surface area (Å²) in [7, 11) is 1.60. The minimum absolute atomic E-state index is 0.108. The van der Waals surface area contributed by atoms with Gasteiger partial charge in [0.2, 0.25) is 5.95 Å². The number of fused-ring (bicyclic) bond motifs is 4. The van der Waals surface area contributed by atoms with E-state index in [4.69, 9.17) is 21.5 Å². The molecule has 1 atom stereocenters. The molecule has 5 rings (SSSR count). The molecule has 0 fully saturated rings. The number of hydrogen-bond acceptors (Lipinski definition) is 5. The Bertz CT molecular complexity index is 1380. The number of aryl methyl sites for hydroxylation is 1. The molecule has 1 aliphatic carbocycles. The third-order valence-corrected chi connectivity index (χ3v) is 5.79. The second kappa shape index (κ2) is 6.11. The van der Waals surface area contributed by atoms with Gasteiger partial charge >= 0.3 is 0 Å². The normalized spacial score (nSPS) is 18.5. The number of methoxy groups -OCH3 is 1. The SMILES string of the molecule is [C-]#[N+]C1(c2ccc(OC)c3oc4ccccc4c23)CCc2nc(N)[nH]c(=O)c2C1. The van der Waals surface area contributed by atoms with Gasteiger partial charge in [-0.25, -0.2) is 11.6 Å². The molecule has 0 aliphatic heterocycles. The number of benzene rings is 2. The van der Waals surface area contributed by atoms with Crippen LogP contribution in [0.3, 0.4) is 0 Å². The fourth-order valence-corrected chi connectivity index (χ4v) is 4.40. The average molecular weight is 386 g/mol. The predicted molar refractivity (Wildman–Crippen MR) is 110 cm³/mol. The van der Waals surface area contributed by atoms with Crippen molar-refractivity contribution in [3.05, 3.63) is 75.0 Å². The highest BCUT2D eigenvalue weighted by molar-refractivity contribution is 6.09. The lowest BCUT2D eigenvalue weighted by Gasteiger charge is -2.28. The number of para-hydroxylation sites is 1. The van der Waals surface area contributed by atoms with Crippen LogP contribution >= 0.6 is 0 Å². The van der Waals surface area contributed by atoms with Crippen LogP contribution in [0.5, 0.6) is 5.75 Å². The highest BCUT2D eigenvalue weighted by Gasteiger charge is 2.46. The number of nitrogens with one attached hydrogen (secondary N) is 1. The van der Waals surface area contributed by atoms with Crippen LogP contribution in [0, 0.1) is 6.57 Å². The Labute approximate surface area is 165 Å². The summed E-state index contributed by atoms with van der Waals surface area (Å²) in [6.45, 7) is 8.08. The van der Waals surface area contributed by atoms with Gasteiger partial charge in [0.05, 0.1) is 19.2 Å². The Morgan fingerprint density at radius 2 is 2.14 bits per heavy atom. The fourth-order valence-electron chi connectivity index (χ4n) is 4.40. The summed E-state index contributed by atoms with van der Waals surface area (Å²) >= 11 is 0. The predicted octanol–water partition coefficient (Wildman–Crippen LogP) is 3.56. The maximum absolute atomic E-state index is 12.5. The van der Waals surface area contributed by atoms with Crippen LogP contribution < -0.4 is 16.0 Å². The van der Waals surface area contributed by atoms with E-state index in [2.05, 4.69) is 14.8 Å². The zero-order chi connectivity index (χ0) is 20.2.